The summed E-state index contributed by atoms with van der Waals surface area (Å²) in [5.41, 5.74) is -0.366. The van der Waals surface area contributed by atoms with Crippen LogP contribution in [0.4, 0.5) is 0 Å². The molecule has 0 N–H and O–H groups in total. The molecule has 0 aromatic rings. The Balaban J connectivity index is 3.41. The molecule has 0 radical (unpaired) electrons. The Morgan fingerprint density at radius 1 is 0.533 bits per heavy atom. The van der Waals surface area contributed by atoms with E-state index in [2.05, 4.69) is 0 Å². The molecule has 0 unspecified atom stereocenters. The van der Waals surface area contributed by atoms with Gasteiger partial charge in [0.2, 0.25) is 0 Å². The van der Waals surface area contributed by atoms with Gasteiger partial charge in [-0.1, -0.05) is 0 Å². The summed E-state index contributed by atoms with van der Waals surface area (Å²) in [7, 11) is 0. The molecule has 0 rings (SSSR count). The van der Waals surface area contributed by atoms with Gasteiger partial charge in [-0.2, -0.15) is 0 Å². The van der Waals surface area contributed by atoms with Gasteiger partial charge >= 0.3 is 11.9 Å². The van der Waals surface area contributed by atoms with E-state index in [1.807, 2.05) is 41.5 Å². The Bertz CT molecular complexity index is 409. The normalized spacial score (nSPS) is 12.1. The lowest BCUT2D eigenvalue weighted by Gasteiger charge is -2.19. The first-order valence-electron chi connectivity index (χ1n) is 10.7. The molecule has 0 fully saturated rings. The first-order chi connectivity index (χ1) is 14.0. The Hall–Kier alpha value is -1.22. The van der Waals surface area contributed by atoms with Crippen LogP contribution in [0.1, 0.15) is 67.2 Å². The van der Waals surface area contributed by atoms with Crippen molar-refractivity contribution in [2.45, 2.75) is 78.4 Å². The zero-order chi connectivity index (χ0) is 22.9. The van der Waals surface area contributed by atoms with Crippen molar-refractivity contribution in [3.63, 3.8) is 0 Å². The lowest BCUT2D eigenvalue weighted by molar-refractivity contribution is -0.147. The fourth-order valence-corrected chi connectivity index (χ4v) is 2.13. The molecule has 0 aliphatic carbocycles. The molecule has 0 aromatic heterocycles. The average molecular weight is 435 g/mol. The van der Waals surface area contributed by atoms with Crippen molar-refractivity contribution in [3.8, 4) is 0 Å². The molecular weight excluding hydrogens is 392 g/mol. The second-order valence-corrected chi connectivity index (χ2v) is 8.79. The molecule has 0 atom stereocenters. The maximum Gasteiger partial charge on any atom is 0.305 e. The van der Waals surface area contributed by atoms with Crippen molar-refractivity contribution >= 4 is 11.9 Å². The first-order valence-corrected chi connectivity index (χ1v) is 10.7. The lowest BCUT2D eigenvalue weighted by atomic mass is 10.2. The van der Waals surface area contributed by atoms with E-state index in [1.54, 1.807) is 0 Å². The van der Waals surface area contributed by atoms with Crippen molar-refractivity contribution in [3.05, 3.63) is 0 Å². The summed E-state index contributed by atoms with van der Waals surface area (Å²) in [4.78, 5) is 23.2. The molecule has 8 heteroatoms. The van der Waals surface area contributed by atoms with Crippen molar-refractivity contribution in [2.75, 3.05) is 52.9 Å². The standard InChI is InChI=1S/C22H42O8/c1-21(2,3)29-17-13-25-11-15-27-19(23)9-7-8-10-20(24)28-16-12-26-14-18-30-22(4,5)6/h7-18H2,1-6H3. The molecule has 0 saturated carbocycles. The van der Waals surface area contributed by atoms with Crippen LogP contribution in [0.2, 0.25) is 0 Å². The SMILES string of the molecule is CC(C)(C)OCCOCCOC(=O)CCCCC(=O)OCCOCCOC(C)(C)C. The maximum absolute atomic E-state index is 11.6. The number of esters is 2. The molecule has 0 spiro atoms. The van der Waals surface area contributed by atoms with Crippen LogP contribution in [0.3, 0.4) is 0 Å². The fourth-order valence-electron chi connectivity index (χ4n) is 2.13. The summed E-state index contributed by atoms with van der Waals surface area (Å²) in [5.74, 6) is -0.576. The summed E-state index contributed by atoms with van der Waals surface area (Å²) in [5, 5.41) is 0. The summed E-state index contributed by atoms with van der Waals surface area (Å²) in [6.45, 7) is 15.0. The highest BCUT2D eigenvalue weighted by atomic mass is 16.6. The number of rotatable bonds is 17. The molecule has 8 nitrogen and oxygen atoms in total. The van der Waals surface area contributed by atoms with Crippen LogP contribution < -0.4 is 0 Å². The highest BCUT2D eigenvalue weighted by Gasteiger charge is 2.10. The van der Waals surface area contributed by atoms with E-state index in [4.69, 9.17) is 28.4 Å². The minimum absolute atomic E-state index is 0.183. The van der Waals surface area contributed by atoms with Crippen LogP contribution in [-0.2, 0) is 38.0 Å². The molecule has 0 amide bonds. The monoisotopic (exact) mass is 434 g/mol. The smallest absolute Gasteiger partial charge is 0.305 e. The van der Waals surface area contributed by atoms with E-state index >= 15 is 0 Å². The third-order valence-corrected chi connectivity index (χ3v) is 3.52. The topological polar surface area (TPSA) is 89.5 Å². The van der Waals surface area contributed by atoms with Gasteiger partial charge in [0, 0.05) is 12.8 Å². The second kappa shape index (κ2) is 16.5. The van der Waals surface area contributed by atoms with Crippen LogP contribution in [0.15, 0.2) is 0 Å². The van der Waals surface area contributed by atoms with Gasteiger partial charge in [-0.25, -0.2) is 0 Å². The molecule has 0 aliphatic heterocycles. The predicted octanol–water partition coefficient (Wildman–Crippen LogP) is 3.30. The van der Waals surface area contributed by atoms with Gasteiger partial charge in [0.15, 0.2) is 0 Å². The molecular formula is C22H42O8. The third-order valence-electron chi connectivity index (χ3n) is 3.52. The van der Waals surface area contributed by atoms with E-state index in [1.165, 1.54) is 0 Å². The van der Waals surface area contributed by atoms with Crippen molar-refractivity contribution in [2.24, 2.45) is 0 Å². The average Bonchev–Trinajstić information content (AvgIpc) is 2.62. The Kier molecular flexibility index (Phi) is 15.8. The van der Waals surface area contributed by atoms with Crippen LogP contribution in [0.25, 0.3) is 0 Å². The number of unbranched alkanes of at least 4 members (excludes halogenated alkanes) is 1. The predicted molar refractivity (Wildman–Crippen MR) is 113 cm³/mol. The van der Waals surface area contributed by atoms with Crippen LogP contribution >= 0.6 is 0 Å². The molecule has 0 heterocycles. The van der Waals surface area contributed by atoms with Crippen molar-refractivity contribution in [1.29, 1.82) is 0 Å². The Morgan fingerprint density at radius 2 is 0.867 bits per heavy atom. The van der Waals surface area contributed by atoms with Gasteiger partial charge in [0.25, 0.3) is 0 Å². The van der Waals surface area contributed by atoms with Gasteiger partial charge in [0.1, 0.15) is 13.2 Å². The van der Waals surface area contributed by atoms with Crippen LogP contribution in [0, 0.1) is 0 Å². The van der Waals surface area contributed by atoms with E-state index < -0.39 is 0 Å². The summed E-state index contributed by atoms with van der Waals surface area (Å²) < 4.78 is 31.9. The lowest BCUT2D eigenvalue weighted by Crippen LogP contribution is -2.22. The number of hydrogen-bond acceptors (Lipinski definition) is 8. The molecule has 178 valence electrons. The number of carbonyl (C=O) groups excluding carboxylic acids is 2. The molecule has 0 aliphatic rings. The maximum atomic E-state index is 11.6. The van der Waals surface area contributed by atoms with Gasteiger partial charge in [0.05, 0.1) is 50.8 Å². The minimum atomic E-state index is -0.288. The van der Waals surface area contributed by atoms with Gasteiger partial charge in [-0.15, -0.1) is 0 Å². The van der Waals surface area contributed by atoms with E-state index in [9.17, 15) is 9.59 Å². The third kappa shape index (κ3) is 23.1. The molecule has 0 bridgehead atoms. The Labute approximate surface area is 181 Å². The summed E-state index contributed by atoms with van der Waals surface area (Å²) >= 11 is 0. The second-order valence-electron chi connectivity index (χ2n) is 8.79. The van der Waals surface area contributed by atoms with E-state index in [0.717, 1.165) is 0 Å². The number of hydrogen-bond donors (Lipinski definition) is 0. The van der Waals surface area contributed by atoms with Crippen LogP contribution in [-0.4, -0.2) is 76.0 Å². The summed E-state index contributed by atoms with van der Waals surface area (Å²) in [6.07, 6.45) is 1.71. The quantitative estimate of drug-likeness (QED) is 0.254. The number of carbonyl (C=O) groups is 2. The first kappa shape index (κ1) is 28.8. The molecule has 0 aromatic carbocycles. The molecule has 0 saturated heterocycles. The van der Waals surface area contributed by atoms with Gasteiger partial charge in [-0.3, -0.25) is 9.59 Å². The minimum Gasteiger partial charge on any atom is -0.463 e. The Morgan fingerprint density at radius 3 is 1.20 bits per heavy atom. The van der Waals surface area contributed by atoms with E-state index in [0.29, 0.717) is 52.5 Å². The highest BCUT2D eigenvalue weighted by molar-refractivity contribution is 5.70. The van der Waals surface area contributed by atoms with Gasteiger partial charge < -0.3 is 28.4 Å². The highest BCUT2D eigenvalue weighted by Crippen LogP contribution is 2.06. The van der Waals surface area contributed by atoms with Crippen molar-refractivity contribution in [1.82, 2.24) is 0 Å². The van der Waals surface area contributed by atoms with Gasteiger partial charge in [-0.05, 0) is 54.4 Å². The van der Waals surface area contributed by atoms with E-state index in [-0.39, 0.29) is 49.2 Å². The summed E-state index contributed by atoms with van der Waals surface area (Å²) in [6, 6.07) is 0. The van der Waals surface area contributed by atoms with Crippen LogP contribution in [0.5, 0.6) is 0 Å². The largest absolute Gasteiger partial charge is 0.463 e. The number of ether oxygens (including phenoxy) is 6. The zero-order valence-corrected chi connectivity index (χ0v) is 19.8. The zero-order valence-electron chi connectivity index (χ0n) is 19.8. The van der Waals surface area contributed by atoms with Crippen molar-refractivity contribution < 1.29 is 38.0 Å². The fraction of sp³-hybridized carbons (Fsp3) is 0.909. The molecule has 30 heavy (non-hydrogen) atoms.